The summed E-state index contributed by atoms with van der Waals surface area (Å²) in [6.45, 7) is 2.47. The molecule has 0 aliphatic carbocycles. The van der Waals surface area contributed by atoms with Gasteiger partial charge in [0, 0.05) is 37.6 Å². The van der Waals surface area contributed by atoms with Gasteiger partial charge in [-0.3, -0.25) is 14.8 Å². The Balaban J connectivity index is 1.69. The van der Waals surface area contributed by atoms with Gasteiger partial charge in [-0.15, -0.1) is 0 Å². The normalized spacial score (nSPS) is 21.7. The number of hydrogen-bond donors (Lipinski definition) is 1. The van der Waals surface area contributed by atoms with Gasteiger partial charge in [-0.1, -0.05) is 0 Å². The fourth-order valence-corrected chi connectivity index (χ4v) is 2.58. The van der Waals surface area contributed by atoms with Gasteiger partial charge in [0.1, 0.15) is 5.76 Å². The molecule has 7 nitrogen and oxygen atoms in total. The number of likely N-dealkylation sites (tertiary alicyclic amines) is 1. The minimum atomic E-state index is -0.567. The van der Waals surface area contributed by atoms with Gasteiger partial charge in [0.15, 0.2) is 12.1 Å². The molecule has 1 N–H and O–H groups in total. The molecule has 2 aromatic heterocycles. The third-order valence-electron chi connectivity index (χ3n) is 3.73. The number of rotatable bonds is 3. The number of amides is 1. The number of aliphatic hydroxyl groups is 1. The Morgan fingerprint density at radius 2 is 2.29 bits per heavy atom. The van der Waals surface area contributed by atoms with E-state index < -0.39 is 6.10 Å². The first-order valence-corrected chi connectivity index (χ1v) is 6.77. The first-order valence-electron chi connectivity index (χ1n) is 6.77. The Morgan fingerprint density at radius 1 is 1.43 bits per heavy atom. The fraction of sp³-hybridized carbons (Fsp3) is 0.429. The summed E-state index contributed by atoms with van der Waals surface area (Å²) in [6, 6.07) is 0. The number of aliphatic hydroxyl groups excluding tert-OH is 1. The summed E-state index contributed by atoms with van der Waals surface area (Å²) >= 11 is 0. The van der Waals surface area contributed by atoms with E-state index in [4.69, 9.17) is 4.42 Å². The Kier molecular flexibility index (Phi) is 3.66. The molecular weight excluding hydrogens is 272 g/mol. The van der Waals surface area contributed by atoms with Crippen molar-refractivity contribution in [2.45, 2.75) is 19.4 Å². The molecule has 3 heterocycles. The van der Waals surface area contributed by atoms with E-state index in [1.54, 1.807) is 30.4 Å². The smallest absolute Gasteiger partial charge is 0.276 e. The summed E-state index contributed by atoms with van der Waals surface area (Å²) in [4.78, 5) is 26.1. The van der Waals surface area contributed by atoms with Crippen molar-refractivity contribution in [3.63, 3.8) is 0 Å². The number of hydrogen-bond acceptors (Lipinski definition) is 6. The second kappa shape index (κ2) is 5.61. The topological polar surface area (TPSA) is 92.4 Å². The van der Waals surface area contributed by atoms with Gasteiger partial charge in [0.05, 0.1) is 11.8 Å². The molecule has 2 atom stereocenters. The van der Waals surface area contributed by atoms with E-state index in [-0.39, 0.29) is 11.8 Å². The number of aromatic nitrogens is 3. The van der Waals surface area contributed by atoms with Crippen molar-refractivity contribution in [3.8, 4) is 0 Å². The highest BCUT2D eigenvalue weighted by molar-refractivity contribution is 5.93. The lowest BCUT2D eigenvalue weighted by molar-refractivity contribution is 0.0758. The first-order chi connectivity index (χ1) is 10.1. The van der Waals surface area contributed by atoms with Crippen LogP contribution in [0.1, 0.15) is 21.9 Å². The zero-order valence-electron chi connectivity index (χ0n) is 11.6. The van der Waals surface area contributed by atoms with Gasteiger partial charge in [0.2, 0.25) is 0 Å². The predicted octanol–water partition coefficient (Wildman–Crippen LogP) is 0.449. The molecule has 0 bridgehead atoms. The van der Waals surface area contributed by atoms with Crippen molar-refractivity contribution in [1.82, 2.24) is 19.9 Å². The predicted molar refractivity (Wildman–Crippen MR) is 72.4 cm³/mol. The highest BCUT2D eigenvalue weighted by atomic mass is 16.3. The summed E-state index contributed by atoms with van der Waals surface area (Å²) in [6.07, 6.45) is 6.20. The van der Waals surface area contributed by atoms with Crippen LogP contribution in [0, 0.1) is 12.8 Å². The van der Waals surface area contributed by atoms with Crippen molar-refractivity contribution < 1.29 is 14.3 Å². The maximum absolute atomic E-state index is 12.3. The zero-order chi connectivity index (χ0) is 14.8. The van der Waals surface area contributed by atoms with Crippen LogP contribution in [0.5, 0.6) is 0 Å². The summed E-state index contributed by atoms with van der Waals surface area (Å²) < 4.78 is 5.06. The number of nitrogens with zero attached hydrogens (tertiary/aromatic N) is 4. The quantitative estimate of drug-likeness (QED) is 0.881. The van der Waals surface area contributed by atoms with E-state index in [1.807, 2.05) is 0 Å². The van der Waals surface area contributed by atoms with Crippen LogP contribution in [0.2, 0.25) is 0 Å². The van der Waals surface area contributed by atoms with Crippen molar-refractivity contribution in [3.05, 3.63) is 42.1 Å². The molecule has 1 amide bonds. The summed E-state index contributed by atoms with van der Waals surface area (Å²) in [5.74, 6) is 0.242. The fourth-order valence-electron chi connectivity index (χ4n) is 2.58. The van der Waals surface area contributed by atoms with Gasteiger partial charge in [-0.25, -0.2) is 4.98 Å². The van der Waals surface area contributed by atoms with E-state index in [9.17, 15) is 9.90 Å². The molecule has 1 saturated heterocycles. The number of β-amino-alcohol motifs (C(OH)–C–C–N with tert-alkyl or cyclic N) is 1. The molecule has 0 spiro atoms. The summed E-state index contributed by atoms with van der Waals surface area (Å²) in [5.41, 5.74) is 1.12. The Morgan fingerprint density at radius 3 is 2.95 bits per heavy atom. The maximum Gasteiger partial charge on any atom is 0.276 e. The van der Waals surface area contributed by atoms with Crippen LogP contribution in [0.4, 0.5) is 0 Å². The van der Waals surface area contributed by atoms with E-state index in [2.05, 4.69) is 15.0 Å². The van der Waals surface area contributed by atoms with Gasteiger partial charge in [0.25, 0.3) is 5.91 Å². The molecule has 3 rings (SSSR count). The summed E-state index contributed by atoms with van der Waals surface area (Å²) in [7, 11) is 0. The minimum absolute atomic E-state index is 0.0437. The lowest BCUT2D eigenvalue weighted by atomic mass is 10.0. The average Bonchev–Trinajstić information content (AvgIpc) is 3.06. The minimum Gasteiger partial charge on any atom is -0.448 e. The van der Waals surface area contributed by atoms with E-state index in [1.165, 1.54) is 6.39 Å². The molecule has 0 radical (unpaired) electrons. The molecule has 1 aliphatic rings. The highest BCUT2D eigenvalue weighted by Crippen LogP contribution is 2.22. The SMILES string of the molecule is Cc1ocnc1C(=O)N1C[C@@H](Cc2cnccn2)[C@H](O)C1. The lowest BCUT2D eigenvalue weighted by Crippen LogP contribution is -2.30. The van der Waals surface area contributed by atoms with Crippen LogP contribution in [0.3, 0.4) is 0 Å². The van der Waals surface area contributed by atoms with E-state index in [0.29, 0.717) is 31.0 Å². The van der Waals surface area contributed by atoms with Crippen molar-refractivity contribution >= 4 is 5.91 Å². The second-order valence-electron chi connectivity index (χ2n) is 5.20. The largest absolute Gasteiger partial charge is 0.448 e. The first kappa shape index (κ1) is 13.7. The molecule has 0 aromatic carbocycles. The molecule has 0 saturated carbocycles. The standard InChI is InChI=1S/C14H16N4O3/c1-9-13(17-8-21-9)14(20)18-6-10(12(19)7-18)4-11-5-15-2-3-16-11/h2-3,5,8,10,12,19H,4,6-7H2,1H3/t10-,12-/m1/s1. The van der Waals surface area contributed by atoms with Crippen LogP contribution >= 0.6 is 0 Å². The van der Waals surface area contributed by atoms with Crippen LogP contribution in [0.15, 0.2) is 29.4 Å². The molecular formula is C14H16N4O3. The van der Waals surface area contributed by atoms with Gasteiger partial charge in [-0.05, 0) is 13.3 Å². The lowest BCUT2D eigenvalue weighted by Gasteiger charge is -2.14. The monoisotopic (exact) mass is 288 g/mol. The Labute approximate surface area is 121 Å². The number of oxazole rings is 1. The molecule has 7 heteroatoms. The molecule has 1 aliphatic heterocycles. The van der Waals surface area contributed by atoms with Gasteiger partial charge >= 0.3 is 0 Å². The number of carbonyl (C=O) groups is 1. The summed E-state index contributed by atoms with van der Waals surface area (Å²) in [5, 5.41) is 10.2. The van der Waals surface area contributed by atoms with Gasteiger partial charge in [-0.2, -0.15) is 0 Å². The second-order valence-corrected chi connectivity index (χ2v) is 5.20. The van der Waals surface area contributed by atoms with Crippen molar-refractivity contribution in [2.24, 2.45) is 5.92 Å². The van der Waals surface area contributed by atoms with E-state index in [0.717, 1.165) is 5.69 Å². The number of carbonyl (C=O) groups excluding carboxylic acids is 1. The number of aryl methyl sites for hydroxylation is 1. The van der Waals surface area contributed by atoms with Crippen LogP contribution in [0.25, 0.3) is 0 Å². The van der Waals surface area contributed by atoms with Crippen LogP contribution in [-0.4, -0.2) is 50.1 Å². The van der Waals surface area contributed by atoms with Crippen molar-refractivity contribution in [2.75, 3.05) is 13.1 Å². The Bertz CT molecular complexity index is 628. The third-order valence-corrected chi connectivity index (χ3v) is 3.73. The maximum atomic E-state index is 12.3. The highest BCUT2D eigenvalue weighted by Gasteiger charge is 2.35. The molecule has 2 aromatic rings. The van der Waals surface area contributed by atoms with Crippen LogP contribution < -0.4 is 0 Å². The van der Waals surface area contributed by atoms with Crippen LogP contribution in [-0.2, 0) is 6.42 Å². The van der Waals surface area contributed by atoms with Crippen molar-refractivity contribution in [1.29, 1.82) is 0 Å². The molecule has 0 unspecified atom stereocenters. The molecule has 1 fully saturated rings. The molecule has 21 heavy (non-hydrogen) atoms. The zero-order valence-corrected chi connectivity index (χ0v) is 11.6. The molecule has 110 valence electrons. The Hall–Kier alpha value is -2.28. The van der Waals surface area contributed by atoms with E-state index >= 15 is 0 Å². The third kappa shape index (κ3) is 2.78. The average molecular weight is 288 g/mol. The van der Waals surface area contributed by atoms with Gasteiger partial charge < -0.3 is 14.4 Å².